The molecule has 1 fully saturated rings. The molecule has 138 valence electrons. The van der Waals surface area contributed by atoms with Gasteiger partial charge in [-0.1, -0.05) is 54.2 Å². The number of hydrogen-bond acceptors (Lipinski definition) is 5. The minimum Gasteiger partial charge on any atom is -0.352 e. The molecular formula is C19H18FN5OS. The van der Waals surface area contributed by atoms with Crippen molar-refractivity contribution in [3.05, 3.63) is 66.0 Å². The summed E-state index contributed by atoms with van der Waals surface area (Å²) in [6, 6.07) is 15.9. The normalized spacial score (nSPS) is 14.7. The fourth-order valence-electron chi connectivity index (χ4n) is 2.69. The number of carbonyl (C=O) groups is 1. The Balaban J connectivity index is 1.63. The second-order valence-electron chi connectivity index (χ2n) is 6.35. The molecule has 3 N–H and O–H groups in total. The Kier molecular flexibility index (Phi) is 4.81. The summed E-state index contributed by atoms with van der Waals surface area (Å²) in [5.74, 6) is 5.81. The Morgan fingerprint density at radius 1 is 1.15 bits per heavy atom. The first kappa shape index (κ1) is 17.5. The standard InChI is InChI=1S/C19H18FN5OS/c20-15-9-5-4-8-14(15)17-23-24-19(25(17)21)27-16(12-6-2-1-3-7-12)18(26)22-13-10-11-13/h1-9,13,16H,10-11,21H2,(H,22,26)/t16-/m1/s1. The summed E-state index contributed by atoms with van der Waals surface area (Å²) in [6.45, 7) is 0. The molecule has 1 aliphatic rings. The molecule has 0 radical (unpaired) electrons. The van der Waals surface area contributed by atoms with Gasteiger partial charge < -0.3 is 11.2 Å². The van der Waals surface area contributed by atoms with Crippen LogP contribution >= 0.6 is 11.8 Å². The highest BCUT2D eigenvalue weighted by atomic mass is 32.2. The van der Waals surface area contributed by atoms with E-state index in [1.807, 2.05) is 30.3 Å². The van der Waals surface area contributed by atoms with Crippen molar-refractivity contribution >= 4 is 17.7 Å². The number of carbonyl (C=O) groups excluding carboxylic acids is 1. The molecule has 0 bridgehead atoms. The third-order valence-corrected chi connectivity index (χ3v) is 5.48. The molecule has 1 atom stereocenters. The van der Waals surface area contributed by atoms with E-state index in [1.165, 1.54) is 22.5 Å². The Morgan fingerprint density at radius 3 is 2.56 bits per heavy atom. The number of thioether (sulfide) groups is 1. The van der Waals surface area contributed by atoms with Gasteiger partial charge in [-0.05, 0) is 30.5 Å². The van der Waals surface area contributed by atoms with Crippen LogP contribution in [0.1, 0.15) is 23.7 Å². The number of aromatic nitrogens is 3. The molecule has 6 nitrogen and oxygen atoms in total. The highest BCUT2D eigenvalue weighted by Gasteiger charge is 2.30. The number of nitrogen functional groups attached to an aromatic ring is 1. The van der Waals surface area contributed by atoms with Gasteiger partial charge in [0.1, 0.15) is 11.1 Å². The topological polar surface area (TPSA) is 85.8 Å². The van der Waals surface area contributed by atoms with Gasteiger partial charge >= 0.3 is 0 Å². The van der Waals surface area contributed by atoms with Crippen molar-refractivity contribution in [2.24, 2.45) is 0 Å². The lowest BCUT2D eigenvalue weighted by Crippen LogP contribution is -2.30. The highest BCUT2D eigenvalue weighted by molar-refractivity contribution is 8.00. The molecule has 1 aromatic heterocycles. The first-order valence-corrected chi connectivity index (χ1v) is 9.49. The second kappa shape index (κ2) is 7.40. The molecule has 4 rings (SSSR count). The number of halogens is 1. The SMILES string of the molecule is Nn1c(S[C@@H](C(=O)NC2CC2)c2ccccc2)nnc1-c1ccccc1F. The van der Waals surface area contributed by atoms with E-state index in [4.69, 9.17) is 5.84 Å². The van der Waals surface area contributed by atoms with Gasteiger partial charge in [0.15, 0.2) is 5.82 Å². The van der Waals surface area contributed by atoms with Gasteiger partial charge in [0.25, 0.3) is 0 Å². The fraction of sp³-hybridized carbons (Fsp3) is 0.211. The highest BCUT2D eigenvalue weighted by Crippen LogP contribution is 2.36. The van der Waals surface area contributed by atoms with Crippen LogP contribution in [0.25, 0.3) is 11.4 Å². The minimum absolute atomic E-state index is 0.0934. The van der Waals surface area contributed by atoms with Crippen molar-refractivity contribution in [2.45, 2.75) is 29.3 Å². The molecule has 1 aliphatic carbocycles. The van der Waals surface area contributed by atoms with Crippen LogP contribution in [-0.2, 0) is 4.79 Å². The molecule has 0 spiro atoms. The molecule has 2 aromatic carbocycles. The van der Waals surface area contributed by atoms with E-state index < -0.39 is 11.1 Å². The van der Waals surface area contributed by atoms with Crippen molar-refractivity contribution < 1.29 is 9.18 Å². The lowest BCUT2D eigenvalue weighted by Gasteiger charge is -2.16. The van der Waals surface area contributed by atoms with Gasteiger partial charge in [0.2, 0.25) is 11.1 Å². The summed E-state index contributed by atoms with van der Waals surface area (Å²) in [4.78, 5) is 12.8. The largest absolute Gasteiger partial charge is 0.352 e. The second-order valence-corrected chi connectivity index (χ2v) is 7.42. The molecule has 1 heterocycles. The number of amides is 1. The maximum atomic E-state index is 14.1. The molecule has 0 saturated heterocycles. The molecule has 0 unspecified atom stereocenters. The van der Waals surface area contributed by atoms with Crippen LogP contribution in [0.2, 0.25) is 0 Å². The Bertz CT molecular complexity index is 958. The van der Waals surface area contributed by atoms with E-state index in [-0.39, 0.29) is 23.3 Å². The number of hydrogen-bond donors (Lipinski definition) is 2. The maximum absolute atomic E-state index is 14.1. The van der Waals surface area contributed by atoms with Gasteiger partial charge in [0.05, 0.1) is 5.56 Å². The summed E-state index contributed by atoms with van der Waals surface area (Å²) in [7, 11) is 0. The van der Waals surface area contributed by atoms with Crippen LogP contribution in [0.3, 0.4) is 0 Å². The van der Waals surface area contributed by atoms with Crippen LogP contribution < -0.4 is 11.2 Å². The van der Waals surface area contributed by atoms with E-state index in [2.05, 4.69) is 15.5 Å². The monoisotopic (exact) mass is 383 g/mol. The summed E-state index contributed by atoms with van der Waals surface area (Å²) in [5.41, 5.74) is 1.11. The van der Waals surface area contributed by atoms with Crippen LogP contribution in [0.15, 0.2) is 59.8 Å². The van der Waals surface area contributed by atoms with E-state index in [0.717, 1.165) is 18.4 Å². The summed E-state index contributed by atoms with van der Waals surface area (Å²) < 4.78 is 15.3. The van der Waals surface area contributed by atoms with Gasteiger partial charge in [-0.2, -0.15) is 0 Å². The van der Waals surface area contributed by atoms with Crippen LogP contribution in [0.5, 0.6) is 0 Å². The smallest absolute Gasteiger partial charge is 0.238 e. The summed E-state index contributed by atoms with van der Waals surface area (Å²) >= 11 is 1.20. The fourth-order valence-corrected chi connectivity index (χ4v) is 3.66. The number of nitrogens with one attached hydrogen (secondary N) is 1. The molecule has 1 saturated carbocycles. The van der Waals surface area contributed by atoms with Gasteiger partial charge in [0, 0.05) is 6.04 Å². The van der Waals surface area contributed by atoms with E-state index in [9.17, 15) is 9.18 Å². The molecule has 1 amide bonds. The predicted molar refractivity (Wildman–Crippen MR) is 102 cm³/mol. The maximum Gasteiger partial charge on any atom is 0.238 e. The molecule has 27 heavy (non-hydrogen) atoms. The summed E-state index contributed by atoms with van der Waals surface area (Å²) in [5, 5.41) is 10.9. The third kappa shape index (κ3) is 3.80. The Morgan fingerprint density at radius 2 is 1.85 bits per heavy atom. The van der Waals surface area contributed by atoms with Crippen LogP contribution in [0, 0.1) is 5.82 Å². The zero-order chi connectivity index (χ0) is 18.8. The predicted octanol–water partition coefficient (Wildman–Crippen LogP) is 2.91. The van der Waals surface area contributed by atoms with Crippen molar-refractivity contribution in [1.29, 1.82) is 0 Å². The van der Waals surface area contributed by atoms with Crippen molar-refractivity contribution in [1.82, 2.24) is 20.2 Å². The average molecular weight is 383 g/mol. The Hall–Kier alpha value is -2.87. The Labute approximate surface area is 160 Å². The number of benzene rings is 2. The van der Waals surface area contributed by atoms with E-state index >= 15 is 0 Å². The summed E-state index contributed by atoms with van der Waals surface area (Å²) in [6.07, 6.45) is 2.00. The van der Waals surface area contributed by atoms with Gasteiger partial charge in [-0.3, -0.25) is 4.79 Å². The average Bonchev–Trinajstić information content (AvgIpc) is 3.42. The van der Waals surface area contributed by atoms with Crippen molar-refractivity contribution in [3.63, 3.8) is 0 Å². The molecular weight excluding hydrogens is 365 g/mol. The zero-order valence-corrected chi connectivity index (χ0v) is 15.2. The van der Waals surface area contributed by atoms with Crippen molar-refractivity contribution in [3.8, 4) is 11.4 Å². The van der Waals surface area contributed by atoms with Crippen molar-refractivity contribution in [2.75, 3.05) is 5.84 Å². The van der Waals surface area contributed by atoms with Crippen LogP contribution in [-0.4, -0.2) is 26.8 Å². The van der Waals surface area contributed by atoms with Gasteiger partial charge in [-0.15, -0.1) is 10.2 Å². The number of rotatable bonds is 6. The lowest BCUT2D eigenvalue weighted by atomic mass is 10.1. The van der Waals surface area contributed by atoms with Crippen LogP contribution in [0.4, 0.5) is 4.39 Å². The van der Waals surface area contributed by atoms with E-state index in [1.54, 1.807) is 18.2 Å². The number of nitrogens with two attached hydrogens (primary N) is 1. The molecule has 3 aromatic rings. The molecule has 0 aliphatic heterocycles. The van der Waals surface area contributed by atoms with E-state index in [0.29, 0.717) is 5.16 Å². The first-order chi connectivity index (χ1) is 13.1. The third-order valence-electron chi connectivity index (χ3n) is 4.27. The quantitative estimate of drug-likeness (QED) is 0.505. The zero-order valence-electron chi connectivity index (χ0n) is 14.4. The number of nitrogens with zero attached hydrogens (tertiary/aromatic N) is 3. The molecule has 8 heteroatoms. The minimum atomic E-state index is -0.522. The van der Waals surface area contributed by atoms with Gasteiger partial charge in [-0.25, -0.2) is 9.07 Å². The first-order valence-electron chi connectivity index (χ1n) is 8.61. The lowest BCUT2D eigenvalue weighted by molar-refractivity contribution is -0.120.